The van der Waals surface area contributed by atoms with Crippen LogP contribution in [0.25, 0.3) is 0 Å². The first-order chi connectivity index (χ1) is 10.1. The second kappa shape index (κ2) is 6.79. The van der Waals surface area contributed by atoms with E-state index in [2.05, 4.69) is 12.2 Å². The Bertz CT molecular complexity index is 626. The van der Waals surface area contributed by atoms with Gasteiger partial charge in [0.25, 0.3) is 5.91 Å². The number of carbonyl (C=O) groups is 1. The van der Waals surface area contributed by atoms with Crippen molar-refractivity contribution in [2.45, 2.75) is 26.4 Å². The third-order valence-corrected chi connectivity index (χ3v) is 3.18. The number of ether oxygens (including phenoxy) is 1. The molecule has 3 N–H and O–H groups in total. The van der Waals surface area contributed by atoms with E-state index >= 15 is 0 Å². The summed E-state index contributed by atoms with van der Waals surface area (Å²) in [5.41, 5.74) is 8.05. The minimum Gasteiger partial charge on any atom is -0.481 e. The summed E-state index contributed by atoms with van der Waals surface area (Å²) in [5, 5.41) is 2.80. The van der Waals surface area contributed by atoms with Crippen LogP contribution in [0.1, 0.15) is 19.4 Å². The number of anilines is 2. The molecular formula is C17H20N2O2. The minimum atomic E-state index is -0.584. The SMILES string of the molecule is CCc1ccccc1OC(C)C(=O)Nc1cccc(N)c1. The number of benzene rings is 2. The summed E-state index contributed by atoms with van der Waals surface area (Å²) >= 11 is 0. The lowest BCUT2D eigenvalue weighted by molar-refractivity contribution is -0.122. The lowest BCUT2D eigenvalue weighted by Gasteiger charge is -2.17. The van der Waals surface area contributed by atoms with Crippen LogP contribution in [0.2, 0.25) is 0 Å². The molecule has 0 saturated carbocycles. The molecule has 0 bridgehead atoms. The molecule has 21 heavy (non-hydrogen) atoms. The Morgan fingerprint density at radius 3 is 2.71 bits per heavy atom. The molecule has 2 aromatic carbocycles. The number of nitrogen functional groups attached to an aromatic ring is 1. The van der Waals surface area contributed by atoms with Gasteiger partial charge in [0, 0.05) is 11.4 Å². The smallest absolute Gasteiger partial charge is 0.265 e. The quantitative estimate of drug-likeness (QED) is 0.828. The van der Waals surface area contributed by atoms with Crippen LogP contribution in [-0.2, 0) is 11.2 Å². The van der Waals surface area contributed by atoms with Gasteiger partial charge in [-0.3, -0.25) is 4.79 Å². The third kappa shape index (κ3) is 3.99. The topological polar surface area (TPSA) is 64.3 Å². The number of nitrogens with one attached hydrogen (secondary N) is 1. The average Bonchev–Trinajstić information content (AvgIpc) is 2.47. The van der Waals surface area contributed by atoms with Crippen molar-refractivity contribution in [2.24, 2.45) is 0 Å². The highest BCUT2D eigenvalue weighted by molar-refractivity contribution is 5.94. The summed E-state index contributed by atoms with van der Waals surface area (Å²) in [6.45, 7) is 3.79. The number of nitrogens with two attached hydrogens (primary N) is 1. The van der Waals surface area contributed by atoms with Crippen molar-refractivity contribution in [2.75, 3.05) is 11.1 Å². The van der Waals surface area contributed by atoms with E-state index in [0.29, 0.717) is 11.4 Å². The number of hydrogen-bond donors (Lipinski definition) is 2. The molecule has 4 nitrogen and oxygen atoms in total. The number of rotatable bonds is 5. The largest absolute Gasteiger partial charge is 0.481 e. The monoisotopic (exact) mass is 284 g/mol. The van der Waals surface area contributed by atoms with Gasteiger partial charge >= 0.3 is 0 Å². The van der Waals surface area contributed by atoms with Gasteiger partial charge in [-0.1, -0.05) is 31.2 Å². The van der Waals surface area contributed by atoms with Crippen LogP contribution in [0.15, 0.2) is 48.5 Å². The first-order valence-electron chi connectivity index (χ1n) is 7.01. The molecule has 0 aliphatic carbocycles. The first kappa shape index (κ1) is 14.9. The van der Waals surface area contributed by atoms with E-state index in [4.69, 9.17) is 10.5 Å². The Balaban J connectivity index is 2.02. The maximum Gasteiger partial charge on any atom is 0.265 e. The molecule has 2 rings (SSSR count). The first-order valence-corrected chi connectivity index (χ1v) is 7.01. The lowest BCUT2D eigenvalue weighted by atomic mass is 10.1. The van der Waals surface area contributed by atoms with Crippen molar-refractivity contribution < 1.29 is 9.53 Å². The van der Waals surface area contributed by atoms with Gasteiger partial charge in [0.2, 0.25) is 0 Å². The number of amides is 1. The molecule has 0 fully saturated rings. The Labute approximate surface area is 124 Å². The molecule has 110 valence electrons. The van der Waals surface area contributed by atoms with Gasteiger partial charge in [-0.15, -0.1) is 0 Å². The summed E-state index contributed by atoms with van der Waals surface area (Å²) in [7, 11) is 0. The lowest BCUT2D eigenvalue weighted by Crippen LogP contribution is -2.30. The summed E-state index contributed by atoms with van der Waals surface area (Å²) in [6.07, 6.45) is 0.277. The average molecular weight is 284 g/mol. The van der Waals surface area contributed by atoms with Crippen molar-refractivity contribution >= 4 is 17.3 Å². The molecule has 0 aromatic heterocycles. The summed E-state index contributed by atoms with van der Waals surface area (Å²) in [5.74, 6) is 0.543. The van der Waals surface area contributed by atoms with E-state index in [1.165, 1.54) is 0 Å². The highest BCUT2D eigenvalue weighted by atomic mass is 16.5. The molecule has 0 radical (unpaired) electrons. The van der Waals surface area contributed by atoms with Crippen molar-refractivity contribution in [3.8, 4) is 5.75 Å². The van der Waals surface area contributed by atoms with Crippen molar-refractivity contribution in [1.29, 1.82) is 0 Å². The summed E-state index contributed by atoms with van der Waals surface area (Å²) < 4.78 is 5.76. The van der Waals surface area contributed by atoms with E-state index < -0.39 is 6.10 Å². The van der Waals surface area contributed by atoms with Gasteiger partial charge in [0.15, 0.2) is 6.10 Å². The van der Waals surface area contributed by atoms with Gasteiger partial charge in [0.1, 0.15) is 5.75 Å². The van der Waals surface area contributed by atoms with E-state index in [-0.39, 0.29) is 5.91 Å². The second-order valence-electron chi connectivity index (χ2n) is 4.84. The standard InChI is InChI=1S/C17H20N2O2/c1-3-13-7-4-5-10-16(13)21-12(2)17(20)19-15-9-6-8-14(18)11-15/h4-12H,3,18H2,1-2H3,(H,19,20). The highest BCUT2D eigenvalue weighted by Gasteiger charge is 2.16. The van der Waals surface area contributed by atoms with Gasteiger partial charge in [-0.05, 0) is 43.2 Å². The maximum atomic E-state index is 12.2. The van der Waals surface area contributed by atoms with Crippen molar-refractivity contribution in [3.05, 3.63) is 54.1 Å². The van der Waals surface area contributed by atoms with E-state index in [1.54, 1.807) is 31.2 Å². The molecule has 0 heterocycles. The molecular weight excluding hydrogens is 264 g/mol. The number of para-hydroxylation sites is 1. The number of aryl methyl sites for hydroxylation is 1. The molecule has 1 unspecified atom stereocenters. The zero-order valence-corrected chi connectivity index (χ0v) is 12.3. The van der Waals surface area contributed by atoms with E-state index in [9.17, 15) is 4.79 Å². The second-order valence-corrected chi connectivity index (χ2v) is 4.84. The Hall–Kier alpha value is -2.49. The highest BCUT2D eigenvalue weighted by Crippen LogP contribution is 2.20. The Morgan fingerprint density at radius 2 is 2.00 bits per heavy atom. The fourth-order valence-corrected chi connectivity index (χ4v) is 2.02. The summed E-state index contributed by atoms with van der Waals surface area (Å²) in [4.78, 5) is 12.2. The van der Waals surface area contributed by atoms with Crippen molar-refractivity contribution in [3.63, 3.8) is 0 Å². The van der Waals surface area contributed by atoms with Crippen LogP contribution < -0.4 is 15.8 Å². The molecule has 0 saturated heterocycles. The van der Waals surface area contributed by atoms with Gasteiger partial charge in [0.05, 0.1) is 0 Å². The fraction of sp³-hybridized carbons (Fsp3) is 0.235. The zero-order chi connectivity index (χ0) is 15.2. The molecule has 1 atom stereocenters. The fourth-order valence-electron chi connectivity index (χ4n) is 2.02. The van der Waals surface area contributed by atoms with Gasteiger partial charge in [-0.2, -0.15) is 0 Å². The Morgan fingerprint density at radius 1 is 1.24 bits per heavy atom. The molecule has 0 aliphatic rings. The van der Waals surface area contributed by atoms with E-state index in [0.717, 1.165) is 17.7 Å². The van der Waals surface area contributed by atoms with Crippen LogP contribution in [0.3, 0.4) is 0 Å². The Kier molecular flexibility index (Phi) is 4.82. The molecule has 0 aliphatic heterocycles. The predicted octanol–water partition coefficient (Wildman–Crippen LogP) is 3.24. The van der Waals surface area contributed by atoms with Crippen LogP contribution in [0, 0.1) is 0 Å². The normalized spacial score (nSPS) is 11.7. The third-order valence-electron chi connectivity index (χ3n) is 3.18. The van der Waals surface area contributed by atoms with Crippen LogP contribution in [-0.4, -0.2) is 12.0 Å². The minimum absolute atomic E-state index is 0.202. The van der Waals surface area contributed by atoms with Crippen molar-refractivity contribution in [1.82, 2.24) is 0 Å². The molecule has 4 heteroatoms. The van der Waals surface area contributed by atoms with Gasteiger partial charge in [-0.25, -0.2) is 0 Å². The zero-order valence-electron chi connectivity index (χ0n) is 12.3. The summed E-state index contributed by atoms with van der Waals surface area (Å²) in [6, 6.07) is 14.8. The van der Waals surface area contributed by atoms with Crippen LogP contribution in [0.4, 0.5) is 11.4 Å². The molecule has 1 amide bonds. The number of hydrogen-bond acceptors (Lipinski definition) is 3. The molecule has 2 aromatic rings. The predicted molar refractivity (Wildman–Crippen MR) is 85.4 cm³/mol. The maximum absolute atomic E-state index is 12.2. The number of carbonyl (C=O) groups excluding carboxylic acids is 1. The van der Waals surface area contributed by atoms with E-state index in [1.807, 2.05) is 24.3 Å². The van der Waals surface area contributed by atoms with Gasteiger partial charge < -0.3 is 15.8 Å². The van der Waals surface area contributed by atoms with Crippen LogP contribution >= 0.6 is 0 Å². The molecule has 0 spiro atoms. The van der Waals surface area contributed by atoms with Crippen LogP contribution in [0.5, 0.6) is 5.75 Å².